The van der Waals surface area contributed by atoms with E-state index in [1.54, 1.807) is 42.5 Å². The fourth-order valence-corrected chi connectivity index (χ4v) is 3.20. The zero-order valence-electron chi connectivity index (χ0n) is 15.3. The lowest BCUT2D eigenvalue weighted by Gasteiger charge is -2.14. The highest BCUT2D eigenvalue weighted by Crippen LogP contribution is 2.35. The van der Waals surface area contributed by atoms with Crippen molar-refractivity contribution in [2.45, 2.75) is 19.4 Å². The van der Waals surface area contributed by atoms with Crippen molar-refractivity contribution in [1.82, 2.24) is 5.48 Å². The molecule has 2 nitrogen and oxygen atoms in total. The van der Waals surface area contributed by atoms with Crippen molar-refractivity contribution >= 4 is 17.3 Å². The first-order valence-electron chi connectivity index (χ1n) is 9.12. The van der Waals surface area contributed by atoms with E-state index in [1.165, 1.54) is 0 Å². The standard InChI is InChI=1S/C23H17ClF3NO/c24-17-10-8-16(9-11-17)23(15-6-7-15)28-29-13-18-19(25)12-20(26)21(22(18)27)14-4-2-1-3-5-14/h1-5,8-12,28H,6-7,13H2. The van der Waals surface area contributed by atoms with Crippen molar-refractivity contribution in [3.05, 3.63) is 99.8 Å². The van der Waals surface area contributed by atoms with E-state index in [0.717, 1.165) is 29.7 Å². The third-order valence-corrected chi connectivity index (χ3v) is 4.96. The molecule has 0 atom stereocenters. The van der Waals surface area contributed by atoms with Crippen LogP contribution in [0.1, 0.15) is 24.0 Å². The number of hydrogen-bond donors (Lipinski definition) is 1. The number of nitrogens with one attached hydrogen (secondary N) is 1. The fourth-order valence-electron chi connectivity index (χ4n) is 3.08. The molecule has 1 fully saturated rings. The third kappa shape index (κ3) is 4.31. The molecule has 4 rings (SSSR count). The Morgan fingerprint density at radius 1 is 0.931 bits per heavy atom. The quantitative estimate of drug-likeness (QED) is 0.455. The van der Waals surface area contributed by atoms with E-state index >= 15 is 0 Å². The molecule has 0 unspecified atom stereocenters. The molecule has 1 aliphatic rings. The third-order valence-electron chi connectivity index (χ3n) is 4.70. The number of hydroxylamine groups is 1. The van der Waals surface area contributed by atoms with Gasteiger partial charge in [-0.3, -0.25) is 10.3 Å². The normalized spacial score (nSPS) is 12.8. The van der Waals surface area contributed by atoms with Crippen molar-refractivity contribution in [3.8, 4) is 11.1 Å². The Kier molecular flexibility index (Phi) is 5.60. The summed E-state index contributed by atoms with van der Waals surface area (Å²) < 4.78 is 43.4. The first-order valence-corrected chi connectivity index (χ1v) is 9.50. The molecule has 148 valence electrons. The van der Waals surface area contributed by atoms with Crippen LogP contribution < -0.4 is 5.48 Å². The van der Waals surface area contributed by atoms with Gasteiger partial charge in [0.1, 0.15) is 24.1 Å². The SMILES string of the molecule is Fc1cc(F)c(-c2ccccc2)c(F)c1CONC(=C1CC1)c1ccc(Cl)cc1. The molecule has 3 aromatic rings. The second kappa shape index (κ2) is 8.31. The first kappa shape index (κ1) is 19.6. The monoisotopic (exact) mass is 415 g/mol. The van der Waals surface area contributed by atoms with E-state index in [0.29, 0.717) is 16.7 Å². The van der Waals surface area contributed by atoms with E-state index in [1.807, 2.05) is 12.1 Å². The summed E-state index contributed by atoms with van der Waals surface area (Å²) in [6.07, 6.45) is 1.84. The second-order valence-corrected chi connectivity index (χ2v) is 7.19. The average molecular weight is 416 g/mol. The predicted octanol–water partition coefficient (Wildman–Crippen LogP) is 6.65. The summed E-state index contributed by atoms with van der Waals surface area (Å²) >= 11 is 5.93. The van der Waals surface area contributed by atoms with Gasteiger partial charge in [-0.05, 0) is 41.7 Å². The second-order valence-electron chi connectivity index (χ2n) is 6.75. The van der Waals surface area contributed by atoms with Crippen molar-refractivity contribution in [2.75, 3.05) is 0 Å². The van der Waals surface area contributed by atoms with Crippen LogP contribution >= 0.6 is 11.6 Å². The van der Waals surface area contributed by atoms with Crippen LogP contribution in [0, 0.1) is 17.5 Å². The Bertz CT molecular complexity index is 1060. The highest BCUT2D eigenvalue weighted by Gasteiger charge is 2.22. The lowest BCUT2D eigenvalue weighted by Crippen LogP contribution is -2.15. The van der Waals surface area contributed by atoms with Crippen LogP contribution in [-0.2, 0) is 11.4 Å². The van der Waals surface area contributed by atoms with Crippen LogP contribution in [0.4, 0.5) is 13.2 Å². The summed E-state index contributed by atoms with van der Waals surface area (Å²) in [5, 5.41) is 0.610. The Hall–Kier alpha value is -2.76. The number of rotatable bonds is 6. The lowest BCUT2D eigenvalue weighted by molar-refractivity contribution is 0.0605. The molecule has 1 aliphatic carbocycles. The van der Waals surface area contributed by atoms with Gasteiger partial charge in [0.25, 0.3) is 0 Å². The predicted molar refractivity (Wildman–Crippen MR) is 107 cm³/mol. The Morgan fingerprint density at radius 3 is 2.28 bits per heavy atom. The van der Waals surface area contributed by atoms with Gasteiger partial charge in [-0.25, -0.2) is 13.2 Å². The molecule has 0 aromatic heterocycles. The van der Waals surface area contributed by atoms with Crippen LogP contribution in [0.25, 0.3) is 16.8 Å². The maximum absolute atomic E-state index is 14.9. The molecule has 3 aromatic carbocycles. The van der Waals surface area contributed by atoms with Gasteiger partial charge in [-0.2, -0.15) is 0 Å². The van der Waals surface area contributed by atoms with Crippen LogP contribution in [0.3, 0.4) is 0 Å². The van der Waals surface area contributed by atoms with Gasteiger partial charge in [0.05, 0.1) is 16.8 Å². The lowest BCUT2D eigenvalue weighted by atomic mass is 10.0. The molecule has 1 N–H and O–H groups in total. The molecule has 29 heavy (non-hydrogen) atoms. The molecular weight excluding hydrogens is 399 g/mol. The number of benzene rings is 3. The van der Waals surface area contributed by atoms with Crippen LogP contribution in [0.2, 0.25) is 5.02 Å². The van der Waals surface area contributed by atoms with E-state index < -0.39 is 24.1 Å². The minimum absolute atomic E-state index is 0.274. The summed E-state index contributed by atoms with van der Waals surface area (Å²) in [6, 6.07) is 16.1. The molecule has 0 amide bonds. The van der Waals surface area contributed by atoms with Gasteiger partial charge < -0.3 is 0 Å². The minimum Gasteiger partial charge on any atom is -0.271 e. The number of allylic oxidation sites excluding steroid dienone is 1. The van der Waals surface area contributed by atoms with Crippen molar-refractivity contribution in [2.24, 2.45) is 0 Å². The van der Waals surface area contributed by atoms with E-state index in [4.69, 9.17) is 16.4 Å². The van der Waals surface area contributed by atoms with Gasteiger partial charge in [-0.15, -0.1) is 0 Å². The van der Waals surface area contributed by atoms with Crippen LogP contribution in [0.5, 0.6) is 0 Å². The number of hydrogen-bond acceptors (Lipinski definition) is 2. The molecular formula is C23H17ClF3NO. The summed E-state index contributed by atoms with van der Waals surface area (Å²) in [4.78, 5) is 5.42. The zero-order chi connectivity index (χ0) is 20.4. The molecule has 0 heterocycles. The summed E-state index contributed by atoms with van der Waals surface area (Å²) in [5.74, 6) is -2.92. The van der Waals surface area contributed by atoms with Crippen molar-refractivity contribution < 1.29 is 18.0 Å². The van der Waals surface area contributed by atoms with Crippen LogP contribution in [0.15, 0.2) is 66.2 Å². The van der Waals surface area contributed by atoms with Gasteiger partial charge in [-0.1, -0.05) is 54.1 Å². The molecule has 0 spiro atoms. The maximum atomic E-state index is 14.9. The highest BCUT2D eigenvalue weighted by atomic mass is 35.5. The van der Waals surface area contributed by atoms with Gasteiger partial charge in [0.2, 0.25) is 0 Å². The topological polar surface area (TPSA) is 21.3 Å². The average Bonchev–Trinajstić information content (AvgIpc) is 3.54. The van der Waals surface area contributed by atoms with Crippen molar-refractivity contribution in [3.63, 3.8) is 0 Å². The number of halogens is 4. The molecule has 0 radical (unpaired) electrons. The van der Waals surface area contributed by atoms with Gasteiger partial charge in [0, 0.05) is 11.1 Å². The van der Waals surface area contributed by atoms with E-state index in [9.17, 15) is 13.2 Å². The van der Waals surface area contributed by atoms with E-state index in [2.05, 4.69) is 5.48 Å². The molecule has 0 aliphatic heterocycles. The fraction of sp³-hybridized carbons (Fsp3) is 0.130. The summed E-state index contributed by atoms with van der Waals surface area (Å²) in [5.41, 5.74) is 5.30. The highest BCUT2D eigenvalue weighted by molar-refractivity contribution is 6.30. The van der Waals surface area contributed by atoms with Crippen LogP contribution in [-0.4, -0.2) is 0 Å². The Balaban J connectivity index is 1.56. The molecule has 0 bridgehead atoms. The first-order chi connectivity index (χ1) is 14.0. The maximum Gasteiger partial charge on any atom is 0.142 e. The largest absolute Gasteiger partial charge is 0.271 e. The smallest absolute Gasteiger partial charge is 0.142 e. The van der Waals surface area contributed by atoms with Gasteiger partial charge >= 0.3 is 0 Å². The Morgan fingerprint density at radius 2 is 1.62 bits per heavy atom. The summed E-state index contributed by atoms with van der Waals surface area (Å²) in [6.45, 7) is -0.401. The minimum atomic E-state index is -0.992. The molecule has 0 saturated heterocycles. The Labute approximate surface area is 171 Å². The summed E-state index contributed by atoms with van der Waals surface area (Å²) in [7, 11) is 0. The zero-order valence-corrected chi connectivity index (χ0v) is 16.1. The van der Waals surface area contributed by atoms with Crippen molar-refractivity contribution in [1.29, 1.82) is 0 Å². The molecule has 1 saturated carbocycles. The van der Waals surface area contributed by atoms with E-state index in [-0.39, 0.29) is 11.1 Å². The van der Waals surface area contributed by atoms with Gasteiger partial charge in [0.15, 0.2) is 0 Å². The molecule has 6 heteroatoms.